The monoisotopic (exact) mass is 248 g/mol. The second kappa shape index (κ2) is 5.51. The van der Waals surface area contributed by atoms with E-state index < -0.39 is 0 Å². The van der Waals surface area contributed by atoms with E-state index in [1.807, 2.05) is 31.3 Å². The van der Waals surface area contributed by atoms with Gasteiger partial charge in [0, 0.05) is 17.6 Å². The van der Waals surface area contributed by atoms with E-state index in [2.05, 4.69) is 20.2 Å². The largest absolute Gasteiger partial charge is 0.320 e. The van der Waals surface area contributed by atoms with Crippen molar-refractivity contribution in [2.45, 2.75) is 6.54 Å². The van der Waals surface area contributed by atoms with Gasteiger partial charge in [0.25, 0.3) is 5.91 Å². The van der Waals surface area contributed by atoms with E-state index in [0.717, 1.165) is 22.8 Å². The molecule has 0 aliphatic carbocycles. The van der Waals surface area contributed by atoms with Gasteiger partial charge in [-0.15, -0.1) is 5.10 Å². The van der Waals surface area contributed by atoms with Crippen LogP contribution >= 0.6 is 11.5 Å². The molecule has 2 N–H and O–H groups in total. The average Bonchev–Trinajstić information content (AvgIpc) is 2.85. The third kappa shape index (κ3) is 2.86. The summed E-state index contributed by atoms with van der Waals surface area (Å²) in [6, 6.07) is 7.65. The smallest absolute Gasteiger partial charge is 0.277 e. The Kier molecular flexibility index (Phi) is 3.79. The van der Waals surface area contributed by atoms with Gasteiger partial charge in [0.1, 0.15) is 0 Å². The number of amides is 1. The Hall–Kier alpha value is -1.79. The molecule has 5 nitrogen and oxygen atoms in total. The number of benzene rings is 1. The van der Waals surface area contributed by atoms with Crippen molar-refractivity contribution >= 4 is 23.1 Å². The van der Waals surface area contributed by atoms with Crippen LogP contribution in [-0.4, -0.2) is 22.5 Å². The van der Waals surface area contributed by atoms with E-state index in [4.69, 9.17) is 0 Å². The van der Waals surface area contributed by atoms with Crippen molar-refractivity contribution in [2.24, 2.45) is 0 Å². The lowest BCUT2D eigenvalue weighted by Gasteiger charge is -2.09. The maximum absolute atomic E-state index is 11.8. The first-order valence-corrected chi connectivity index (χ1v) is 5.96. The van der Waals surface area contributed by atoms with Crippen molar-refractivity contribution in [3.8, 4) is 0 Å². The van der Waals surface area contributed by atoms with Gasteiger partial charge in [-0.3, -0.25) is 4.79 Å². The van der Waals surface area contributed by atoms with Crippen LogP contribution in [0.15, 0.2) is 29.6 Å². The molecule has 1 aromatic heterocycles. The van der Waals surface area contributed by atoms with Crippen molar-refractivity contribution in [1.82, 2.24) is 14.9 Å². The number of carbonyl (C=O) groups excluding carboxylic acids is 1. The first-order chi connectivity index (χ1) is 8.31. The van der Waals surface area contributed by atoms with Crippen molar-refractivity contribution in [3.63, 3.8) is 0 Å². The third-order valence-corrected chi connectivity index (χ3v) is 2.73. The van der Waals surface area contributed by atoms with Crippen LogP contribution in [0.1, 0.15) is 16.1 Å². The summed E-state index contributed by atoms with van der Waals surface area (Å²) in [7, 11) is 1.86. The highest BCUT2D eigenvalue weighted by atomic mass is 32.1. The number of rotatable bonds is 4. The number of nitrogens with zero attached hydrogens (tertiary/aromatic N) is 2. The van der Waals surface area contributed by atoms with E-state index >= 15 is 0 Å². The van der Waals surface area contributed by atoms with Gasteiger partial charge in [-0.05, 0) is 30.2 Å². The lowest BCUT2D eigenvalue weighted by Crippen LogP contribution is -2.15. The van der Waals surface area contributed by atoms with Crippen LogP contribution in [0, 0.1) is 0 Å². The average molecular weight is 248 g/mol. The minimum Gasteiger partial charge on any atom is -0.320 e. The Morgan fingerprint density at radius 1 is 1.41 bits per heavy atom. The Labute approximate surface area is 103 Å². The zero-order chi connectivity index (χ0) is 12.1. The summed E-state index contributed by atoms with van der Waals surface area (Å²) in [4.78, 5) is 11.8. The zero-order valence-electron chi connectivity index (χ0n) is 9.30. The molecule has 6 heteroatoms. The van der Waals surface area contributed by atoms with E-state index in [-0.39, 0.29) is 5.91 Å². The van der Waals surface area contributed by atoms with Crippen molar-refractivity contribution in [1.29, 1.82) is 0 Å². The molecule has 88 valence electrons. The van der Waals surface area contributed by atoms with Crippen LogP contribution in [0.5, 0.6) is 0 Å². The van der Waals surface area contributed by atoms with Gasteiger partial charge >= 0.3 is 0 Å². The first-order valence-electron chi connectivity index (χ1n) is 5.12. The topological polar surface area (TPSA) is 66.9 Å². The van der Waals surface area contributed by atoms with Crippen LogP contribution in [-0.2, 0) is 6.54 Å². The number of hydrogen-bond donors (Lipinski definition) is 2. The summed E-state index contributed by atoms with van der Waals surface area (Å²) in [5.41, 5.74) is 2.17. The molecule has 1 amide bonds. The molecular formula is C11H12N4OS. The van der Waals surface area contributed by atoms with E-state index in [0.29, 0.717) is 12.2 Å². The normalized spacial score (nSPS) is 10.2. The highest BCUT2D eigenvalue weighted by Gasteiger charge is 2.10. The molecule has 2 rings (SSSR count). The summed E-state index contributed by atoms with van der Waals surface area (Å²) < 4.78 is 3.66. The fraction of sp³-hybridized carbons (Fsp3) is 0.182. The molecule has 1 heterocycles. The fourth-order valence-electron chi connectivity index (χ4n) is 1.44. The van der Waals surface area contributed by atoms with Gasteiger partial charge in [-0.2, -0.15) is 0 Å². The van der Waals surface area contributed by atoms with Gasteiger partial charge < -0.3 is 10.6 Å². The lowest BCUT2D eigenvalue weighted by atomic mass is 10.1. The SMILES string of the molecule is CNCc1ccccc1NC(=O)c1csnn1. The Morgan fingerprint density at radius 2 is 2.24 bits per heavy atom. The Morgan fingerprint density at radius 3 is 2.94 bits per heavy atom. The maximum atomic E-state index is 11.8. The van der Waals surface area contributed by atoms with Gasteiger partial charge in [-0.1, -0.05) is 22.7 Å². The number of anilines is 1. The molecule has 0 bridgehead atoms. The van der Waals surface area contributed by atoms with Crippen molar-refractivity contribution in [2.75, 3.05) is 12.4 Å². The molecule has 2 aromatic rings. The van der Waals surface area contributed by atoms with Crippen LogP contribution in [0.25, 0.3) is 0 Å². The summed E-state index contributed by atoms with van der Waals surface area (Å²) in [6.07, 6.45) is 0. The van der Waals surface area contributed by atoms with Crippen LogP contribution < -0.4 is 10.6 Å². The molecule has 0 aliphatic rings. The maximum Gasteiger partial charge on any atom is 0.277 e. The summed E-state index contributed by atoms with van der Waals surface area (Å²) in [6.45, 7) is 0.700. The molecule has 0 radical (unpaired) electrons. The quantitative estimate of drug-likeness (QED) is 0.860. The second-order valence-corrected chi connectivity index (χ2v) is 4.04. The van der Waals surface area contributed by atoms with Crippen LogP contribution in [0.4, 0.5) is 5.69 Å². The molecule has 0 fully saturated rings. The predicted octanol–water partition coefficient (Wildman–Crippen LogP) is 1.51. The van der Waals surface area contributed by atoms with Crippen molar-refractivity contribution in [3.05, 3.63) is 40.9 Å². The first kappa shape index (κ1) is 11.7. The molecule has 0 spiro atoms. The standard InChI is InChI=1S/C11H12N4OS/c1-12-6-8-4-2-3-5-9(8)13-11(16)10-7-17-15-14-10/h2-5,7,12H,6H2,1H3,(H,13,16). The molecule has 1 aromatic carbocycles. The highest BCUT2D eigenvalue weighted by molar-refractivity contribution is 7.03. The number of nitrogens with one attached hydrogen (secondary N) is 2. The second-order valence-electron chi connectivity index (χ2n) is 3.43. The number of hydrogen-bond acceptors (Lipinski definition) is 5. The lowest BCUT2D eigenvalue weighted by molar-refractivity contribution is 0.102. The van der Waals surface area contributed by atoms with Crippen LogP contribution in [0.2, 0.25) is 0 Å². The molecule has 17 heavy (non-hydrogen) atoms. The minimum atomic E-state index is -0.234. The van der Waals surface area contributed by atoms with Crippen molar-refractivity contribution < 1.29 is 4.79 Å². The van der Waals surface area contributed by atoms with E-state index in [9.17, 15) is 4.79 Å². The molecule has 0 saturated heterocycles. The summed E-state index contributed by atoms with van der Waals surface area (Å²) in [5, 5.41) is 11.2. The van der Waals surface area contributed by atoms with E-state index in [1.165, 1.54) is 0 Å². The Balaban J connectivity index is 2.15. The summed E-state index contributed by atoms with van der Waals surface area (Å²) >= 11 is 1.16. The minimum absolute atomic E-state index is 0.234. The molecular weight excluding hydrogens is 236 g/mol. The molecule has 0 atom stereocenters. The zero-order valence-corrected chi connectivity index (χ0v) is 10.1. The fourth-order valence-corrected chi connectivity index (χ4v) is 1.87. The predicted molar refractivity (Wildman–Crippen MR) is 67.1 cm³/mol. The van der Waals surface area contributed by atoms with Gasteiger partial charge in [0.2, 0.25) is 0 Å². The van der Waals surface area contributed by atoms with Crippen LogP contribution in [0.3, 0.4) is 0 Å². The molecule has 0 aliphatic heterocycles. The third-order valence-electron chi connectivity index (χ3n) is 2.23. The van der Waals surface area contributed by atoms with Gasteiger partial charge in [-0.25, -0.2) is 0 Å². The molecule has 0 saturated carbocycles. The molecule has 0 unspecified atom stereocenters. The highest BCUT2D eigenvalue weighted by Crippen LogP contribution is 2.15. The van der Waals surface area contributed by atoms with Gasteiger partial charge in [0.15, 0.2) is 5.69 Å². The Bertz CT molecular complexity index is 498. The number of aromatic nitrogens is 2. The van der Waals surface area contributed by atoms with E-state index in [1.54, 1.807) is 5.38 Å². The number of carbonyl (C=O) groups is 1. The summed E-state index contributed by atoms with van der Waals surface area (Å²) in [5.74, 6) is -0.234. The van der Waals surface area contributed by atoms with Gasteiger partial charge in [0.05, 0.1) is 0 Å². The number of para-hydroxylation sites is 1.